The van der Waals surface area contributed by atoms with E-state index in [1.807, 2.05) is 11.0 Å². The van der Waals surface area contributed by atoms with Gasteiger partial charge in [0.2, 0.25) is 10.1 Å². The summed E-state index contributed by atoms with van der Waals surface area (Å²) in [6.45, 7) is 2.91. The van der Waals surface area contributed by atoms with Crippen molar-refractivity contribution in [1.29, 1.82) is 0 Å². The Hall–Kier alpha value is -2.85. The normalized spacial score (nSPS) is 14.5. The van der Waals surface area contributed by atoms with Crippen molar-refractivity contribution in [1.82, 2.24) is 24.9 Å². The first kappa shape index (κ1) is 16.6. The molecule has 1 aliphatic rings. The number of amides is 1. The average molecular weight is 372 g/mol. The fourth-order valence-electron chi connectivity index (χ4n) is 2.58. The summed E-state index contributed by atoms with van der Waals surface area (Å²) in [5.41, 5.74) is 0.180. The highest BCUT2D eigenvalue weighted by molar-refractivity contribution is 7.20. The summed E-state index contributed by atoms with van der Waals surface area (Å²) in [7, 11) is 0. The highest BCUT2D eigenvalue weighted by Gasteiger charge is 2.19. The number of morpholine rings is 1. The van der Waals surface area contributed by atoms with E-state index in [1.165, 1.54) is 22.0 Å². The van der Waals surface area contributed by atoms with Gasteiger partial charge in [-0.2, -0.15) is 4.52 Å². The number of aromatic nitrogens is 4. The fraction of sp³-hybridized carbons (Fsp3) is 0.312. The van der Waals surface area contributed by atoms with Crippen LogP contribution in [-0.2, 0) is 11.3 Å². The highest BCUT2D eigenvalue weighted by Crippen LogP contribution is 2.21. The molecule has 1 aliphatic heterocycles. The smallest absolute Gasteiger partial charge is 0.288 e. The van der Waals surface area contributed by atoms with E-state index in [9.17, 15) is 9.59 Å². The Balaban J connectivity index is 1.56. The van der Waals surface area contributed by atoms with E-state index in [0.29, 0.717) is 42.1 Å². The summed E-state index contributed by atoms with van der Waals surface area (Å²) < 4.78 is 6.51. The molecule has 1 N–H and O–H groups in total. The van der Waals surface area contributed by atoms with Gasteiger partial charge in [0.05, 0.1) is 25.5 Å². The molecule has 0 unspecified atom stereocenters. The maximum Gasteiger partial charge on any atom is 0.288 e. The summed E-state index contributed by atoms with van der Waals surface area (Å²) in [4.78, 5) is 35.8. The molecule has 134 valence electrons. The first-order chi connectivity index (χ1) is 12.7. The quantitative estimate of drug-likeness (QED) is 0.703. The van der Waals surface area contributed by atoms with Crippen molar-refractivity contribution in [3.05, 3.63) is 52.2 Å². The molecule has 9 nitrogen and oxygen atoms in total. The van der Waals surface area contributed by atoms with Crippen LogP contribution in [0, 0.1) is 0 Å². The minimum Gasteiger partial charge on any atom is -0.378 e. The maximum atomic E-state index is 12.6. The van der Waals surface area contributed by atoms with Crippen LogP contribution in [0.2, 0.25) is 0 Å². The molecule has 10 heteroatoms. The fourth-order valence-corrected chi connectivity index (χ4v) is 3.50. The summed E-state index contributed by atoms with van der Waals surface area (Å²) in [5.74, 6) is -0.497. The molecular weight excluding hydrogens is 356 g/mol. The van der Waals surface area contributed by atoms with E-state index in [-0.39, 0.29) is 12.1 Å². The molecule has 0 aliphatic carbocycles. The number of fused-ring (bicyclic) bond motifs is 1. The second-order valence-electron chi connectivity index (χ2n) is 5.66. The number of anilines is 1. The Labute approximate surface area is 152 Å². The van der Waals surface area contributed by atoms with Gasteiger partial charge in [-0.25, -0.2) is 4.98 Å². The number of ether oxygens (including phenoxy) is 1. The van der Waals surface area contributed by atoms with Gasteiger partial charge in [0.25, 0.3) is 11.5 Å². The Bertz CT molecular complexity index is 981. The number of pyridine rings is 1. The van der Waals surface area contributed by atoms with Gasteiger partial charge in [-0.1, -0.05) is 17.4 Å². The third-order valence-electron chi connectivity index (χ3n) is 3.96. The van der Waals surface area contributed by atoms with Gasteiger partial charge >= 0.3 is 0 Å². The van der Waals surface area contributed by atoms with Crippen molar-refractivity contribution >= 4 is 27.3 Å². The predicted molar refractivity (Wildman–Crippen MR) is 95.6 cm³/mol. The molecule has 3 aromatic rings. The van der Waals surface area contributed by atoms with Crippen LogP contribution < -0.4 is 15.8 Å². The van der Waals surface area contributed by atoms with Crippen LogP contribution >= 0.6 is 11.3 Å². The van der Waals surface area contributed by atoms with Crippen LogP contribution in [0.5, 0.6) is 0 Å². The van der Waals surface area contributed by atoms with Crippen LogP contribution in [-0.4, -0.2) is 51.8 Å². The second kappa shape index (κ2) is 7.18. The molecule has 0 saturated carbocycles. The first-order valence-electron chi connectivity index (χ1n) is 8.12. The van der Waals surface area contributed by atoms with Gasteiger partial charge in [0.1, 0.15) is 5.56 Å². The maximum absolute atomic E-state index is 12.6. The Kier molecular flexibility index (Phi) is 4.59. The number of hydrogen-bond donors (Lipinski definition) is 1. The number of nitrogens with one attached hydrogen (secondary N) is 1. The highest BCUT2D eigenvalue weighted by atomic mass is 32.1. The van der Waals surface area contributed by atoms with Crippen molar-refractivity contribution in [2.75, 3.05) is 31.2 Å². The lowest BCUT2D eigenvalue weighted by atomic mass is 10.3. The number of rotatable bonds is 4. The van der Waals surface area contributed by atoms with E-state index < -0.39 is 11.5 Å². The lowest BCUT2D eigenvalue weighted by Gasteiger charge is -2.25. The molecule has 1 fully saturated rings. The van der Waals surface area contributed by atoms with Gasteiger partial charge in [-0.3, -0.25) is 14.6 Å². The zero-order chi connectivity index (χ0) is 17.9. The Morgan fingerprint density at radius 2 is 2.12 bits per heavy atom. The summed E-state index contributed by atoms with van der Waals surface area (Å²) in [6.07, 6.45) is 2.94. The van der Waals surface area contributed by atoms with Gasteiger partial charge in [0, 0.05) is 25.5 Å². The third kappa shape index (κ3) is 3.28. The summed E-state index contributed by atoms with van der Waals surface area (Å²) >= 11 is 1.32. The van der Waals surface area contributed by atoms with E-state index in [4.69, 9.17) is 4.74 Å². The summed E-state index contributed by atoms with van der Waals surface area (Å²) in [5, 5.41) is 7.72. The molecule has 1 amide bonds. The summed E-state index contributed by atoms with van der Waals surface area (Å²) in [6, 6.07) is 5.42. The minimum absolute atomic E-state index is 0.0442. The van der Waals surface area contributed by atoms with Crippen molar-refractivity contribution in [3.8, 4) is 0 Å². The van der Waals surface area contributed by atoms with Crippen LogP contribution in [0.1, 0.15) is 16.1 Å². The number of carbonyl (C=O) groups excluding carboxylic acids is 1. The zero-order valence-electron chi connectivity index (χ0n) is 13.8. The van der Waals surface area contributed by atoms with Gasteiger partial charge in [-0.05, 0) is 12.1 Å². The van der Waals surface area contributed by atoms with E-state index in [2.05, 4.69) is 20.4 Å². The molecule has 0 atom stereocenters. The molecule has 3 aromatic heterocycles. The molecule has 0 bridgehead atoms. The molecular formula is C16H16N6O3S. The predicted octanol–water partition coefficient (Wildman–Crippen LogP) is 0.313. The van der Waals surface area contributed by atoms with E-state index in [0.717, 1.165) is 0 Å². The monoisotopic (exact) mass is 372 g/mol. The van der Waals surface area contributed by atoms with Gasteiger partial charge < -0.3 is 15.0 Å². The molecule has 1 saturated heterocycles. The topological polar surface area (TPSA) is 102 Å². The Morgan fingerprint density at radius 3 is 2.88 bits per heavy atom. The lowest BCUT2D eigenvalue weighted by Crippen LogP contribution is -2.36. The SMILES string of the molecule is O=C(NCc1ccccn1)c1cnc2sc(N3CCOCC3)nn2c1=O. The molecule has 0 aromatic carbocycles. The molecule has 26 heavy (non-hydrogen) atoms. The van der Waals surface area contributed by atoms with Crippen LogP contribution in [0.25, 0.3) is 4.96 Å². The average Bonchev–Trinajstić information content (AvgIpc) is 3.13. The number of carbonyl (C=O) groups is 1. The second-order valence-corrected chi connectivity index (χ2v) is 6.59. The van der Waals surface area contributed by atoms with Crippen LogP contribution in [0.4, 0.5) is 5.13 Å². The lowest BCUT2D eigenvalue weighted by molar-refractivity contribution is 0.0948. The van der Waals surface area contributed by atoms with Gasteiger partial charge in [-0.15, -0.1) is 5.10 Å². The molecule has 4 heterocycles. The first-order valence-corrected chi connectivity index (χ1v) is 8.94. The number of nitrogens with zero attached hydrogens (tertiary/aromatic N) is 5. The minimum atomic E-state index is -0.497. The largest absolute Gasteiger partial charge is 0.378 e. The third-order valence-corrected chi connectivity index (χ3v) is 4.94. The van der Waals surface area contributed by atoms with Crippen LogP contribution in [0.15, 0.2) is 35.4 Å². The van der Waals surface area contributed by atoms with E-state index >= 15 is 0 Å². The zero-order valence-corrected chi connectivity index (χ0v) is 14.6. The van der Waals surface area contributed by atoms with Crippen molar-refractivity contribution in [2.24, 2.45) is 0 Å². The van der Waals surface area contributed by atoms with Crippen molar-refractivity contribution in [3.63, 3.8) is 0 Å². The molecule has 0 spiro atoms. The molecule has 4 rings (SSSR count). The van der Waals surface area contributed by atoms with Crippen molar-refractivity contribution < 1.29 is 9.53 Å². The van der Waals surface area contributed by atoms with Gasteiger partial charge in [0.15, 0.2) is 0 Å². The van der Waals surface area contributed by atoms with Crippen molar-refractivity contribution in [2.45, 2.75) is 6.54 Å². The molecule has 0 radical (unpaired) electrons. The standard InChI is InChI=1S/C16H16N6O3S/c23-13(18-9-11-3-1-2-4-17-11)12-10-19-15-22(14(12)24)20-16(26-15)21-5-7-25-8-6-21/h1-4,10H,5-9H2,(H,18,23). The van der Waals surface area contributed by atoms with E-state index in [1.54, 1.807) is 18.3 Å². The van der Waals surface area contributed by atoms with Crippen LogP contribution in [0.3, 0.4) is 0 Å². The Morgan fingerprint density at radius 1 is 1.27 bits per heavy atom. The number of hydrogen-bond acceptors (Lipinski definition) is 8.